The number of rotatable bonds is 2. The first-order valence-corrected chi connectivity index (χ1v) is 7.73. The SMILES string of the molecule is Clc1ccc2c(Oc3ccnc4cc(Cl)ccc34)ccnc2c1. The molecule has 3 nitrogen and oxygen atoms in total. The monoisotopic (exact) mass is 340 g/mol. The Labute approximate surface area is 142 Å². The normalized spacial score (nSPS) is 11.0. The average molecular weight is 341 g/mol. The van der Waals surface area contributed by atoms with Gasteiger partial charge < -0.3 is 4.74 Å². The molecule has 2 heterocycles. The van der Waals surface area contributed by atoms with Crippen molar-refractivity contribution in [2.24, 2.45) is 0 Å². The van der Waals surface area contributed by atoms with E-state index in [2.05, 4.69) is 9.97 Å². The summed E-state index contributed by atoms with van der Waals surface area (Å²) in [5, 5.41) is 3.09. The van der Waals surface area contributed by atoms with E-state index >= 15 is 0 Å². The number of benzene rings is 2. The first-order valence-electron chi connectivity index (χ1n) is 6.97. The molecular formula is C18H10Cl2N2O. The second-order valence-corrected chi connectivity index (χ2v) is 5.92. The van der Waals surface area contributed by atoms with E-state index in [1.54, 1.807) is 12.4 Å². The first-order chi connectivity index (χ1) is 11.2. The molecule has 0 atom stereocenters. The minimum absolute atomic E-state index is 0.645. The van der Waals surface area contributed by atoms with Gasteiger partial charge in [0.1, 0.15) is 11.5 Å². The van der Waals surface area contributed by atoms with Crippen molar-refractivity contribution >= 4 is 45.0 Å². The van der Waals surface area contributed by atoms with Gasteiger partial charge in [0.25, 0.3) is 0 Å². The molecular weight excluding hydrogens is 331 g/mol. The highest BCUT2D eigenvalue weighted by molar-refractivity contribution is 6.31. The predicted molar refractivity (Wildman–Crippen MR) is 93.6 cm³/mol. The molecule has 5 heteroatoms. The fourth-order valence-corrected chi connectivity index (χ4v) is 2.82. The van der Waals surface area contributed by atoms with Crippen LogP contribution in [-0.2, 0) is 0 Å². The van der Waals surface area contributed by atoms with Crippen molar-refractivity contribution in [1.82, 2.24) is 9.97 Å². The molecule has 4 rings (SSSR count). The average Bonchev–Trinajstić information content (AvgIpc) is 2.54. The molecule has 2 aromatic heterocycles. The van der Waals surface area contributed by atoms with E-state index < -0.39 is 0 Å². The van der Waals surface area contributed by atoms with E-state index in [-0.39, 0.29) is 0 Å². The van der Waals surface area contributed by atoms with Crippen LogP contribution in [-0.4, -0.2) is 9.97 Å². The lowest BCUT2D eigenvalue weighted by atomic mass is 10.2. The summed E-state index contributed by atoms with van der Waals surface area (Å²) in [5.74, 6) is 1.43. The molecule has 23 heavy (non-hydrogen) atoms. The van der Waals surface area contributed by atoms with Crippen molar-refractivity contribution in [3.05, 3.63) is 71.0 Å². The molecule has 0 fully saturated rings. The second-order valence-electron chi connectivity index (χ2n) is 5.04. The fourth-order valence-electron chi connectivity index (χ4n) is 2.49. The van der Waals surface area contributed by atoms with Crippen molar-refractivity contribution in [3.63, 3.8) is 0 Å². The van der Waals surface area contributed by atoms with Gasteiger partial charge in [0.15, 0.2) is 0 Å². The zero-order chi connectivity index (χ0) is 15.8. The molecule has 0 bridgehead atoms. The van der Waals surface area contributed by atoms with E-state index in [0.29, 0.717) is 21.5 Å². The van der Waals surface area contributed by atoms with Crippen LogP contribution in [0.4, 0.5) is 0 Å². The molecule has 0 aliphatic heterocycles. The van der Waals surface area contributed by atoms with Crippen LogP contribution in [0.25, 0.3) is 21.8 Å². The maximum atomic E-state index is 6.12. The Balaban J connectivity index is 1.85. The van der Waals surface area contributed by atoms with Gasteiger partial charge in [0.05, 0.1) is 11.0 Å². The molecule has 0 amide bonds. The number of fused-ring (bicyclic) bond motifs is 2. The molecule has 0 aliphatic carbocycles. The molecule has 0 saturated carbocycles. The zero-order valence-electron chi connectivity index (χ0n) is 11.8. The van der Waals surface area contributed by atoms with E-state index in [1.807, 2.05) is 48.5 Å². The zero-order valence-corrected chi connectivity index (χ0v) is 13.3. The lowest BCUT2D eigenvalue weighted by Gasteiger charge is -2.11. The predicted octanol–water partition coefficient (Wildman–Crippen LogP) is 5.88. The lowest BCUT2D eigenvalue weighted by molar-refractivity contribution is 0.493. The van der Waals surface area contributed by atoms with E-state index in [9.17, 15) is 0 Å². The molecule has 0 unspecified atom stereocenters. The van der Waals surface area contributed by atoms with Crippen LogP contribution in [0.5, 0.6) is 11.5 Å². The Hall–Kier alpha value is -2.36. The highest BCUT2D eigenvalue weighted by Crippen LogP contribution is 2.34. The Morgan fingerprint density at radius 2 is 1.13 bits per heavy atom. The van der Waals surface area contributed by atoms with Gasteiger partial charge in [-0.25, -0.2) is 0 Å². The van der Waals surface area contributed by atoms with Crippen molar-refractivity contribution < 1.29 is 4.74 Å². The summed E-state index contributed by atoms with van der Waals surface area (Å²) >= 11 is 12.0. The number of hydrogen-bond donors (Lipinski definition) is 0. The number of hydrogen-bond acceptors (Lipinski definition) is 3. The van der Waals surface area contributed by atoms with Gasteiger partial charge in [0.2, 0.25) is 0 Å². The topological polar surface area (TPSA) is 35.0 Å². The molecule has 0 aliphatic rings. The van der Waals surface area contributed by atoms with Crippen LogP contribution >= 0.6 is 23.2 Å². The Bertz CT molecular complexity index is 951. The number of pyridine rings is 2. The Kier molecular flexibility index (Phi) is 3.52. The summed E-state index contributed by atoms with van der Waals surface area (Å²) in [5.41, 5.74) is 1.58. The van der Waals surface area contributed by atoms with Crippen LogP contribution in [0.1, 0.15) is 0 Å². The van der Waals surface area contributed by atoms with Gasteiger partial charge in [-0.05, 0) is 48.5 Å². The van der Waals surface area contributed by atoms with Gasteiger partial charge in [-0.15, -0.1) is 0 Å². The summed E-state index contributed by atoms with van der Waals surface area (Å²) in [6, 6.07) is 14.7. The Morgan fingerprint density at radius 1 is 0.652 bits per heavy atom. The summed E-state index contributed by atoms with van der Waals surface area (Å²) in [6.45, 7) is 0. The molecule has 0 N–H and O–H groups in total. The third-order valence-corrected chi connectivity index (χ3v) is 4.02. The highest BCUT2D eigenvalue weighted by Gasteiger charge is 2.08. The van der Waals surface area contributed by atoms with E-state index in [4.69, 9.17) is 27.9 Å². The highest BCUT2D eigenvalue weighted by atomic mass is 35.5. The molecule has 0 saturated heterocycles. The maximum absolute atomic E-state index is 6.12. The number of nitrogens with zero attached hydrogens (tertiary/aromatic N) is 2. The fraction of sp³-hybridized carbons (Fsp3) is 0. The van der Waals surface area contributed by atoms with Gasteiger partial charge >= 0.3 is 0 Å². The van der Waals surface area contributed by atoms with Gasteiger partial charge in [0, 0.05) is 33.2 Å². The molecule has 2 aromatic carbocycles. The first kappa shape index (κ1) is 14.2. The van der Waals surface area contributed by atoms with Crippen LogP contribution in [0, 0.1) is 0 Å². The minimum Gasteiger partial charge on any atom is -0.456 e. The van der Waals surface area contributed by atoms with Crippen LogP contribution in [0.3, 0.4) is 0 Å². The molecule has 4 aromatic rings. The molecule has 0 radical (unpaired) electrons. The number of ether oxygens (including phenoxy) is 1. The maximum Gasteiger partial charge on any atom is 0.138 e. The summed E-state index contributed by atoms with van der Waals surface area (Å²) < 4.78 is 6.12. The molecule has 112 valence electrons. The van der Waals surface area contributed by atoms with Crippen molar-refractivity contribution in [2.45, 2.75) is 0 Å². The summed E-state index contributed by atoms with van der Waals surface area (Å²) in [7, 11) is 0. The van der Waals surface area contributed by atoms with Crippen LogP contribution in [0.15, 0.2) is 60.9 Å². The number of aromatic nitrogens is 2. The third-order valence-electron chi connectivity index (χ3n) is 3.55. The Morgan fingerprint density at radius 3 is 1.61 bits per heavy atom. The molecule has 0 spiro atoms. The summed E-state index contributed by atoms with van der Waals surface area (Å²) in [6.07, 6.45) is 3.41. The van der Waals surface area contributed by atoms with Crippen molar-refractivity contribution in [3.8, 4) is 11.5 Å². The number of halogens is 2. The largest absolute Gasteiger partial charge is 0.456 e. The second kappa shape index (κ2) is 5.69. The quantitative estimate of drug-likeness (QED) is 0.456. The van der Waals surface area contributed by atoms with E-state index in [1.165, 1.54) is 0 Å². The van der Waals surface area contributed by atoms with Gasteiger partial charge in [-0.1, -0.05) is 23.2 Å². The van der Waals surface area contributed by atoms with Gasteiger partial charge in [-0.2, -0.15) is 0 Å². The summed E-state index contributed by atoms with van der Waals surface area (Å²) in [4.78, 5) is 8.65. The van der Waals surface area contributed by atoms with Crippen LogP contribution in [0.2, 0.25) is 10.0 Å². The van der Waals surface area contributed by atoms with Gasteiger partial charge in [-0.3, -0.25) is 9.97 Å². The van der Waals surface area contributed by atoms with Crippen molar-refractivity contribution in [2.75, 3.05) is 0 Å². The van der Waals surface area contributed by atoms with Crippen molar-refractivity contribution in [1.29, 1.82) is 0 Å². The lowest BCUT2D eigenvalue weighted by Crippen LogP contribution is -1.90. The minimum atomic E-state index is 0.645. The third kappa shape index (κ3) is 2.69. The van der Waals surface area contributed by atoms with Crippen LogP contribution < -0.4 is 4.74 Å². The van der Waals surface area contributed by atoms with E-state index in [0.717, 1.165) is 21.8 Å². The standard InChI is InChI=1S/C18H10Cl2N2O/c19-11-1-3-13-15(9-11)21-7-5-17(13)23-18-6-8-22-16-10-12(20)2-4-14(16)18/h1-10H. The smallest absolute Gasteiger partial charge is 0.138 e.